The summed E-state index contributed by atoms with van der Waals surface area (Å²) in [5.41, 5.74) is 2.25. The molecule has 0 saturated carbocycles. The van der Waals surface area contributed by atoms with Crippen molar-refractivity contribution in [3.8, 4) is 0 Å². The van der Waals surface area contributed by atoms with Crippen molar-refractivity contribution >= 4 is 5.91 Å². The van der Waals surface area contributed by atoms with Crippen molar-refractivity contribution in [3.05, 3.63) is 35.4 Å². The van der Waals surface area contributed by atoms with Crippen LogP contribution in [0.4, 0.5) is 0 Å². The molecular weight excluding hydrogens is 240 g/mol. The Morgan fingerprint density at radius 2 is 2.16 bits per heavy atom. The van der Waals surface area contributed by atoms with E-state index in [4.69, 9.17) is 0 Å². The van der Waals surface area contributed by atoms with Crippen LogP contribution in [-0.4, -0.2) is 30.7 Å². The quantitative estimate of drug-likeness (QED) is 0.669. The standard InChI is InChI=1S/C15H22N2O2/c1-12(19)16-9-4-10-17-15(11-18)8-7-13-5-2-3-6-14(13)15/h2-3,5-6,17-18H,4,7-11H2,1H3,(H,16,19). The first-order valence-electron chi connectivity index (χ1n) is 6.87. The first kappa shape index (κ1) is 14.0. The molecule has 19 heavy (non-hydrogen) atoms. The molecule has 0 fully saturated rings. The van der Waals surface area contributed by atoms with Gasteiger partial charge >= 0.3 is 0 Å². The number of hydrogen-bond donors (Lipinski definition) is 3. The van der Waals surface area contributed by atoms with Crippen LogP contribution in [0.1, 0.15) is 30.9 Å². The van der Waals surface area contributed by atoms with Gasteiger partial charge in [0, 0.05) is 13.5 Å². The van der Waals surface area contributed by atoms with Gasteiger partial charge in [0.15, 0.2) is 0 Å². The van der Waals surface area contributed by atoms with E-state index in [0.29, 0.717) is 6.54 Å². The summed E-state index contributed by atoms with van der Waals surface area (Å²) in [6.07, 6.45) is 2.81. The molecule has 0 saturated heterocycles. The summed E-state index contributed by atoms with van der Waals surface area (Å²) in [4.78, 5) is 10.8. The van der Waals surface area contributed by atoms with Crippen molar-refractivity contribution in [1.29, 1.82) is 0 Å². The summed E-state index contributed by atoms with van der Waals surface area (Å²) in [6.45, 7) is 3.10. The highest BCUT2D eigenvalue weighted by Gasteiger charge is 2.37. The Bertz CT molecular complexity index is 448. The first-order chi connectivity index (χ1) is 9.18. The Morgan fingerprint density at radius 1 is 1.37 bits per heavy atom. The van der Waals surface area contributed by atoms with E-state index in [-0.39, 0.29) is 18.1 Å². The van der Waals surface area contributed by atoms with Gasteiger partial charge in [0.2, 0.25) is 5.91 Å². The molecule has 0 aliphatic heterocycles. The maximum atomic E-state index is 10.8. The summed E-state index contributed by atoms with van der Waals surface area (Å²) in [6, 6.07) is 8.29. The highest BCUT2D eigenvalue weighted by Crippen LogP contribution is 2.36. The third-order valence-corrected chi connectivity index (χ3v) is 3.81. The summed E-state index contributed by atoms with van der Waals surface area (Å²) in [5, 5.41) is 16.0. The smallest absolute Gasteiger partial charge is 0.216 e. The zero-order valence-electron chi connectivity index (χ0n) is 11.4. The molecule has 1 aliphatic rings. The van der Waals surface area contributed by atoms with E-state index in [2.05, 4.69) is 22.8 Å². The number of benzene rings is 1. The molecule has 0 aromatic heterocycles. The molecular formula is C15H22N2O2. The van der Waals surface area contributed by atoms with Crippen LogP contribution in [0.5, 0.6) is 0 Å². The van der Waals surface area contributed by atoms with Crippen molar-refractivity contribution < 1.29 is 9.90 Å². The summed E-state index contributed by atoms with van der Waals surface area (Å²) >= 11 is 0. The molecule has 4 heteroatoms. The Kier molecular flexibility index (Phi) is 4.56. The Balaban J connectivity index is 1.92. The number of aliphatic hydroxyl groups is 1. The third kappa shape index (κ3) is 3.14. The molecule has 104 valence electrons. The van der Waals surface area contributed by atoms with E-state index in [1.165, 1.54) is 18.1 Å². The monoisotopic (exact) mass is 262 g/mol. The van der Waals surface area contributed by atoms with Crippen molar-refractivity contribution in [1.82, 2.24) is 10.6 Å². The lowest BCUT2D eigenvalue weighted by Gasteiger charge is -2.30. The lowest BCUT2D eigenvalue weighted by Crippen LogP contribution is -2.44. The van der Waals surface area contributed by atoms with E-state index in [1.54, 1.807) is 0 Å². The minimum absolute atomic E-state index is 0.00286. The number of aliphatic hydroxyl groups excluding tert-OH is 1. The van der Waals surface area contributed by atoms with Gasteiger partial charge in [-0.25, -0.2) is 0 Å². The number of fused-ring (bicyclic) bond motifs is 1. The molecule has 0 radical (unpaired) electrons. The van der Waals surface area contributed by atoms with Crippen LogP contribution < -0.4 is 10.6 Å². The SMILES string of the molecule is CC(=O)NCCCNC1(CO)CCc2ccccc21. The molecule has 2 rings (SSSR count). The molecule has 4 nitrogen and oxygen atoms in total. The molecule has 1 aromatic rings. The second-order valence-electron chi connectivity index (χ2n) is 5.16. The van der Waals surface area contributed by atoms with Gasteiger partial charge < -0.3 is 15.7 Å². The number of carbonyl (C=O) groups is 1. The van der Waals surface area contributed by atoms with Gasteiger partial charge in [-0.05, 0) is 36.9 Å². The van der Waals surface area contributed by atoms with Gasteiger partial charge in [-0.15, -0.1) is 0 Å². The van der Waals surface area contributed by atoms with Crippen LogP contribution >= 0.6 is 0 Å². The highest BCUT2D eigenvalue weighted by molar-refractivity contribution is 5.72. The van der Waals surface area contributed by atoms with E-state index in [0.717, 1.165) is 25.8 Å². The highest BCUT2D eigenvalue weighted by atomic mass is 16.3. The molecule has 1 aromatic carbocycles. The van der Waals surface area contributed by atoms with Crippen LogP contribution in [0.15, 0.2) is 24.3 Å². The zero-order chi connectivity index (χ0) is 13.7. The van der Waals surface area contributed by atoms with Gasteiger partial charge in [-0.2, -0.15) is 0 Å². The maximum absolute atomic E-state index is 10.8. The number of aryl methyl sites for hydroxylation is 1. The van der Waals surface area contributed by atoms with Gasteiger partial charge in [0.1, 0.15) is 0 Å². The predicted octanol–water partition coefficient (Wildman–Crippen LogP) is 0.936. The second-order valence-corrected chi connectivity index (χ2v) is 5.16. The van der Waals surface area contributed by atoms with Crippen molar-refractivity contribution in [2.45, 2.75) is 31.7 Å². The summed E-state index contributed by atoms with van der Waals surface area (Å²) in [5.74, 6) is 0.00286. The Labute approximate surface area is 114 Å². The molecule has 0 bridgehead atoms. The predicted molar refractivity (Wildman–Crippen MR) is 74.8 cm³/mol. The molecule has 0 spiro atoms. The molecule has 0 heterocycles. The van der Waals surface area contributed by atoms with E-state index < -0.39 is 0 Å². The second kappa shape index (κ2) is 6.17. The fourth-order valence-electron chi connectivity index (χ4n) is 2.77. The average Bonchev–Trinajstić information content (AvgIpc) is 2.78. The minimum atomic E-state index is -0.299. The number of rotatable bonds is 6. The Hall–Kier alpha value is -1.39. The summed E-state index contributed by atoms with van der Waals surface area (Å²) < 4.78 is 0. The largest absolute Gasteiger partial charge is 0.394 e. The number of amides is 1. The topological polar surface area (TPSA) is 61.4 Å². The van der Waals surface area contributed by atoms with Crippen LogP contribution in [0, 0.1) is 0 Å². The molecule has 1 aliphatic carbocycles. The van der Waals surface area contributed by atoms with E-state index in [9.17, 15) is 9.90 Å². The van der Waals surface area contributed by atoms with Gasteiger partial charge in [-0.1, -0.05) is 24.3 Å². The van der Waals surface area contributed by atoms with Crippen LogP contribution in [0.3, 0.4) is 0 Å². The van der Waals surface area contributed by atoms with E-state index in [1.807, 2.05) is 12.1 Å². The van der Waals surface area contributed by atoms with Gasteiger partial charge in [0.25, 0.3) is 0 Å². The molecule has 1 unspecified atom stereocenters. The molecule has 3 N–H and O–H groups in total. The van der Waals surface area contributed by atoms with Crippen LogP contribution in [0.25, 0.3) is 0 Å². The normalized spacial score (nSPS) is 21.2. The van der Waals surface area contributed by atoms with Crippen LogP contribution in [0.2, 0.25) is 0 Å². The number of hydrogen-bond acceptors (Lipinski definition) is 3. The molecule has 1 atom stereocenters. The van der Waals surface area contributed by atoms with Crippen molar-refractivity contribution in [2.24, 2.45) is 0 Å². The number of carbonyl (C=O) groups excluding carboxylic acids is 1. The lowest BCUT2D eigenvalue weighted by atomic mass is 9.92. The van der Waals surface area contributed by atoms with Crippen molar-refractivity contribution in [3.63, 3.8) is 0 Å². The Morgan fingerprint density at radius 3 is 2.89 bits per heavy atom. The maximum Gasteiger partial charge on any atom is 0.216 e. The molecule has 1 amide bonds. The first-order valence-corrected chi connectivity index (χ1v) is 6.87. The summed E-state index contributed by atoms with van der Waals surface area (Å²) in [7, 11) is 0. The van der Waals surface area contributed by atoms with Gasteiger partial charge in [-0.3, -0.25) is 4.79 Å². The average molecular weight is 262 g/mol. The zero-order valence-corrected chi connectivity index (χ0v) is 11.4. The van der Waals surface area contributed by atoms with Crippen molar-refractivity contribution in [2.75, 3.05) is 19.7 Å². The lowest BCUT2D eigenvalue weighted by molar-refractivity contribution is -0.118. The van der Waals surface area contributed by atoms with Gasteiger partial charge in [0.05, 0.1) is 12.1 Å². The third-order valence-electron chi connectivity index (χ3n) is 3.81. The fraction of sp³-hybridized carbons (Fsp3) is 0.533. The minimum Gasteiger partial charge on any atom is -0.394 e. The number of nitrogens with one attached hydrogen (secondary N) is 2. The fourth-order valence-corrected chi connectivity index (χ4v) is 2.77. The van der Waals surface area contributed by atoms with E-state index >= 15 is 0 Å². The van der Waals surface area contributed by atoms with Crippen LogP contribution in [-0.2, 0) is 16.8 Å².